The summed E-state index contributed by atoms with van der Waals surface area (Å²) in [6.07, 6.45) is -0.361. The monoisotopic (exact) mass is 266 g/mol. The van der Waals surface area contributed by atoms with Crippen molar-refractivity contribution in [3.8, 4) is 0 Å². The molecule has 0 unspecified atom stereocenters. The molecule has 96 valence electrons. The van der Waals surface area contributed by atoms with E-state index in [2.05, 4.69) is 27.7 Å². The third-order valence-corrected chi connectivity index (χ3v) is 12.8. The summed E-state index contributed by atoms with van der Waals surface area (Å²) in [7, 11) is 0. The van der Waals surface area contributed by atoms with Crippen LogP contribution >= 0.6 is 0 Å². The van der Waals surface area contributed by atoms with Crippen LogP contribution in [0.2, 0.25) is 18.9 Å². The van der Waals surface area contributed by atoms with Crippen LogP contribution in [0.4, 0.5) is 0 Å². The Morgan fingerprint density at radius 3 is 1.25 bits per heavy atom. The molecule has 1 N–H and O–H groups in total. The molecule has 0 radical (unpaired) electrons. The van der Waals surface area contributed by atoms with Gasteiger partial charge in [-0.05, 0) is 6.92 Å². The summed E-state index contributed by atoms with van der Waals surface area (Å²) in [5, 5.41) is 7.86. The van der Waals surface area contributed by atoms with Gasteiger partial charge in [0, 0.05) is 0 Å². The van der Waals surface area contributed by atoms with E-state index in [9.17, 15) is 9.59 Å². The molecule has 0 aliphatic rings. The van der Waals surface area contributed by atoms with E-state index in [1.165, 1.54) is 25.8 Å². The molecule has 4 heteroatoms. The SMILES string of the molecule is CC(=O)CC(=O)O.C[CH2][Ti]([CH2]C)([CH2]C)[CH2]C. The number of hydrogen-bond acceptors (Lipinski definition) is 2. The molecule has 0 spiro atoms. The van der Waals surface area contributed by atoms with Crippen molar-refractivity contribution in [2.24, 2.45) is 0 Å². The predicted molar refractivity (Wildman–Crippen MR) is 64.9 cm³/mol. The summed E-state index contributed by atoms with van der Waals surface area (Å²) in [5.41, 5.74) is 0. The zero-order valence-electron chi connectivity index (χ0n) is 11.3. The summed E-state index contributed by atoms with van der Waals surface area (Å²) in [6.45, 7) is 10.8. The minimum absolute atomic E-state index is 0.312. The Balaban J connectivity index is 0. The number of carboxylic acids is 1. The van der Waals surface area contributed by atoms with Gasteiger partial charge in [0.15, 0.2) is 0 Å². The second kappa shape index (κ2) is 10.0. The molecule has 0 fully saturated rings. The van der Waals surface area contributed by atoms with E-state index in [0.717, 1.165) is 0 Å². The molecule has 0 amide bonds. The molecular formula is C12H26O3Ti. The number of carboxylic acid groups (broad SMARTS) is 1. The summed E-state index contributed by atoms with van der Waals surface area (Å²) < 4.78 is 6.12. The van der Waals surface area contributed by atoms with Gasteiger partial charge in [0.05, 0.1) is 0 Å². The van der Waals surface area contributed by atoms with Gasteiger partial charge in [-0.2, -0.15) is 0 Å². The number of carbonyl (C=O) groups excluding carboxylic acids is 1. The minimum atomic E-state index is -1.17. The summed E-state index contributed by atoms with van der Waals surface area (Å²) in [6, 6.07) is 0. The molecule has 0 aliphatic carbocycles. The number of aliphatic carboxylic acids is 1. The molecule has 0 atom stereocenters. The van der Waals surface area contributed by atoms with Gasteiger partial charge >= 0.3 is 69.2 Å². The Morgan fingerprint density at radius 2 is 1.25 bits per heavy atom. The average molecular weight is 266 g/mol. The molecule has 16 heavy (non-hydrogen) atoms. The molecule has 0 heterocycles. The van der Waals surface area contributed by atoms with Gasteiger partial charge in [0.2, 0.25) is 0 Å². The van der Waals surface area contributed by atoms with Crippen LogP contribution in [0.1, 0.15) is 41.0 Å². The Labute approximate surface area is 103 Å². The number of carbonyl (C=O) groups is 2. The number of Topliss-reactive ketones (excluding diaryl/α,β-unsaturated/α-hetero) is 1. The van der Waals surface area contributed by atoms with Gasteiger partial charge in [0.25, 0.3) is 0 Å². The fraction of sp³-hybridized carbons (Fsp3) is 0.833. The maximum atomic E-state index is 9.87. The Bertz CT molecular complexity index is 181. The van der Waals surface area contributed by atoms with Crippen LogP contribution < -0.4 is 0 Å². The summed E-state index contributed by atoms with van der Waals surface area (Å²) in [4.78, 5) is 19.5. The van der Waals surface area contributed by atoms with E-state index < -0.39 is 22.6 Å². The first-order chi connectivity index (χ1) is 7.37. The Morgan fingerprint density at radius 1 is 0.938 bits per heavy atom. The maximum absolute atomic E-state index is 9.87. The van der Waals surface area contributed by atoms with E-state index in [1.807, 2.05) is 0 Å². The first-order valence-corrected chi connectivity index (χ1v) is 10.5. The predicted octanol–water partition coefficient (Wildman–Crippen LogP) is 3.94. The van der Waals surface area contributed by atoms with Gasteiger partial charge in [-0.1, -0.05) is 0 Å². The van der Waals surface area contributed by atoms with Gasteiger partial charge in [-0.3, -0.25) is 9.59 Å². The van der Waals surface area contributed by atoms with Crippen LogP contribution in [-0.4, -0.2) is 16.9 Å². The van der Waals surface area contributed by atoms with Crippen LogP contribution in [0.25, 0.3) is 0 Å². The van der Waals surface area contributed by atoms with Crippen molar-refractivity contribution in [3.05, 3.63) is 0 Å². The van der Waals surface area contributed by atoms with Crippen LogP contribution in [0, 0.1) is 0 Å². The molecule has 0 aromatic carbocycles. The second-order valence-electron chi connectivity index (χ2n) is 4.19. The van der Waals surface area contributed by atoms with Crippen molar-refractivity contribution in [3.63, 3.8) is 0 Å². The van der Waals surface area contributed by atoms with Crippen molar-refractivity contribution in [1.82, 2.24) is 0 Å². The summed E-state index contributed by atoms with van der Waals surface area (Å²) >= 11 is -1.17. The zero-order valence-corrected chi connectivity index (χ0v) is 12.9. The number of hydrogen-bond donors (Lipinski definition) is 1. The molecule has 0 aliphatic heterocycles. The molecule has 0 saturated heterocycles. The van der Waals surface area contributed by atoms with E-state index in [1.54, 1.807) is 0 Å². The zero-order chi connectivity index (χ0) is 13.2. The molecule has 0 saturated carbocycles. The van der Waals surface area contributed by atoms with E-state index >= 15 is 0 Å². The normalized spacial score (nSPS) is 10.3. The van der Waals surface area contributed by atoms with Gasteiger partial charge in [-0.25, -0.2) is 0 Å². The topological polar surface area (TPSA) is 54.4 Å². The molecule has 0 rings (SSSR count). The first kappa shape index (κ1) is 18.2. The van der Waals surface area contributed by atoms with Crippen molar-refractivity contribution in [1.29, 1.82) is 0 Å². The van der Waals surface area contributed by atoms with Crippen molar-refractivity contribution >= 4 is 11.8 Å². The van der Waals surface area contributed by atoms with Crippen molar-refractivity contribution in [2.45, 2.75) is 59.9 Å². The molecule has 0 aromatic rings. The van der Waals surface area contributed by atoms with Crippen LogP contribution in [0.3, 0.4) is 0 Å². The fourth-order valence-electron chi connectivity index (χ4n) is 1.71. The number of ketones is 1. The molecule has 0 bridgehead atoms. The van der Waals surface area contributed by atoms with Gasteiger partial charge in [-0.15, -0.1) is 0 Å². The van der Waals surface area contributed by atoms with Crippen molar-refractivity contribution < 1.29 is 31.3 Å². The van der Waals surface area contributed by atoms with E-state index in [-0.39, 0.29) is 12.2 Å². The Hall–Kier alpha value is -0.146. The number of rotatable bonds is 6. The molecule has 3 nitrogen and oxygen atoms in total. The quantitative estimate of drug-likeness (QED) is 0.585. The van der Waals surface area contributed by atoms with Crippen molar-refractivity contribution in [2.75, 3.05) is 0 Å². The summed E-state index contributed by atoms with van der Waals surface area (Å²) in [5.74, 6) is -1.37. The van der Waals surface area contributed by atoms with Gasteiger partial charge in [0.1, 0.15) is 12.2 Å². The fourth-order valence-corrected chi connectivity index (χ4v) is 6.40. The van der Waals surface area contributed by atoms with E-state index in [4.69, 9.17) is 5.11 Å². The first-order valence-electron chi connectivity index (χ1n) is 6.08. The van der Waals surface area contributed by atoms with Gasteiger partial charge < -0.3 is 5.11 Å². The molecular weight excluding hydrogens is 240 g/mol. The third kappa shape index (κ3) is 9.11. The van der Waals surface area contributed by atoms with E-state index in [0.29, 0.717) is 0 Å². The average Bonchev–Trinajstić information content (AvgIpc) is 2.21. The second-order valence-corrected chi connectivity index (χ2v) is 13.3. The Kier molecular flexibility index (Phi) is 11.4. The standard InChI is InChI=1S/C4H6O3.4C2H5.Ti/c1-3(5)2-4(6)7;4*1-2;/h2H2,1H3,(H,6,7);4*1H2,2H3;. The van der Waals surface area contributed by atoms with Crippen LogP contribution in [0.15, 0.2) is 0 Å². The third-order valence-electron chi connectivity index (χ3n) is 3.40. The molecule has 0 aromatic heterocycles. The van der Waals surface area contributed by atoms with Crippen LogP contribution in [0.5, 0.6) is 0 Å². The van der Waals surface area contributed by atoms with Crippen LogP contribution in [-0.2, 0) is 26.2 Å².